The van der Waals surface area contributed by atoms with Crippen LogP contribution in [0.1, 0.15) is 21.6 Å². The standard InChI is InChI=1S/C18H11ClF2N4O/c19-12-3-1-11(2-4-12)9-25-10-23-17(16(25)8-22)24-18(26)14-7-13(20)5-6-15(14)21/h1-7,10H,9H2,(H,24,26). The van der Waals surface area contributed by atoms with Crippen molar-refractivity contribution in [1.82, 2.24) is 9.55 Å². The number of nitrogens with zero attached hydrogens (tertiary/aromatic N) is 3. The van der Waals surface area contributed by atoms with Crippen LogP contribution in [-0.2, 0) is 6.54 Å². The first-order valence-electron chi connectivity index (χ1n) is 7.44. The van der Waals surface area contributed by atoms with Crippen molar-refractivity contribution >= 4 is 23.3 Å². The topological polar surface area (TPSA) is 70.7 Å². The third kappa shape index (κ3) is 3.71. The molecule has 8 heteroatoms. The van der Waals surface area contributed by atoms with Crippen LogP contribution >= 0.6 is 11.6 Å². The van der Waals surface area contributed by atoms with Gasteiger partial charge in [-0.25, -0.2) is 13.8 Å². The maximum Gasteiger partial charge on any atom is 0.259 e. The fraction of sp³-hybridized carbons (Fsp3) is 0.0556. The number of amides is 1. The van der Waals surface area contributed by atoms with Gasteiger partial charge >= 0.3 is 0 Å². The summed E-state index contributed by atoms with van der Waals surface area (Å²) in [6, 6.07) is 11.5. The van der Waals surface area contributed by atoms with E-state index in [0.717, 1.165) is 23.8 Å². The monoisotopic (exact) mass is 372 g/mol. The van der Waals surface area contributed by atoms with Crippen molar-refractivity contribution in [3.8, 4) is 6.07 Å². The number of benzene rings is 2. The van der Waals surface area contributed by atoms with E-state index in [0.29, 0.717) is 11.6 Å². The van der Waals surface area contributed by atoms with E-state index >= 15 is 0 Å². The third-order valence-corrected chi connectivity index (χ3v) is 3.87. The van der Waals surface area contributed by atoms with E-state index in [1.54, 1.807) is 24.3 Å². The van der Waals surface area contributed by atoms with E-state index in [1.165, 1.54) is 10.9 Å². The van der Waals surface area contributed by atoms with Crippen molar-refractivity contribution in [2.24, 2.45) is 0 Å². The Hall–Kier alpha value is -3.24. The zero-order valence-electron chi connectivity index (χ0n) is 13.2. The van der Waals surface area contributed by atoms with Gasteiger partial charge in [0.25, 0.3) is 5.91 Å². The molecule has 0 unspecified atom stereocenters. The largest absolute Gasteiger partial charge is 0.316 e. The minimum Gasteiger partial charge on any atom is -0.316 e. The molecule has 3 aromatic rings. The molecule has 1 aromatic heterocycles. The first kappa shape index (κ1) is 17.6. The first-order valence-corrected chi connectivity index (χ1v) is 7.82. The molecule has 0 saturated carbocycles. The summed E-state index contributed by atoms with van der Waals surface area (Å²) in [7, 11) is 0. The smallest absolute Gasteiger partial charge is 0.259 e. The molecular weight excluding hydrogens is 362 g/mol. The van der Waals surface area contributed by atoms with Crippen LogP contribution in [0.4, 0.5) is 14.6 Å². The number of carbonyl (C=O) groups excluding carboxylic acids is 1. The van der Waals surface area contributed by atoms with Crippen molar-refractivity contribution in [1.29, 1.82) is 5.26 Å². The van der Waals surface area contributed by atoms with Gasteiger partial charge in [-0.05, 0) is 35.9 Å². The molecule has 1 heterocycles. The molecule has 26 heavy (non-hydrogen) atoms. The van der Waals surface area contributed by atoms with Gasteiger partial charge in [0, 0.05) is 11.6 Å². The Balaban J connectivity index is 1.84. The Kier molecular flexibility index (Phi) is 4.96. The molecule has 0 saturated heterocycles. The molecule has 1 amide bonds. The zero-order chi connectivity index (χ0) is 18.7. The number of hydrogen-bond acceptors (Lipinski definition) is 3. The average Bonchev–Trinajstić information content (AvgIpc) is 3.00. The summed E-state index contributed by atoms with van der Waals surface area (Å²) < 4.78 is 28.5. The maximum absolute atomic E-state index is 13.7. The highest BCUT2D eigenvalue weighted by Crippen LogP contribution is 2.18. The summed E-state index contributed by atoms with van der Waals surface area (Å²) in [4.78, 5) is 16.2. The van der Waals surface area contributed by atoms with Crippen LogP contribution in [0.5, 0.6) is 0 Å². The second-order valence-electron chi connectivity index (χ2n) is 5.39. The Bertz CT molecular complexity index is 1010. The molecule has 0 radical (unpaired) electrons. The quantitative estimate of drug-likeness (QED) is 0.752. The Morgan fingerprint density at radius 1 is 1.23 bits per heavy atom. The van der Waals surface area contributed by atoms with Crippen molar-refractivity contribution in [3.05, 3.63) is 82.3 Å². The Labute approximate surface area is 152 Å². The SMILES string of the molecule is N#Cc1c(NC(=O)c2cc(F)ccc2F)ncn1Cc1ccc(Cl)cc1. The van der Waals surface area contributed by atoms with Gasteiger partial charge in [0.05, 0.1) is 11.9 Å². The molecule has 0 aliphatic heterocycles. The zero-order valence-corrected chi connectivity index (χ0v) is 14.0. The van der Waals surface area contributed by atoms with Crippen LogP contribution in [0.3, 0.4) is 0 Å². The predicted molar refractivity (Wildman–Crippen MR) is 91.8 cm³/mol. The number of nitriles is 1. The highest BCUT2D eigenvalue weighted by atomic mass is 35.5. The molecule has 0 spiro atoms. The molecule has 0 bridgehead atoms. The lowest BCUT2D eigenvalue weighted by molar-refractivity contribution is 0.102. The molecule has 5 nitrogen and oxygen atoms in total. The molecule has 130 valence electrons. The Morgan fingerprint density at radius 2 is 1.96 bits per heavy atom. The van der Waals surface area contributed by atoms with Gasteiger partial charge in [-0.3, -0.25) is 4.79 Å². The van der Waals surface area contributed by atoms with Crippen LogP contribution in [0.2, 0.25) is 5.02 Å². The molecule has 3 rings (SSSR count). The Morgan fingerprint density at radius 3 is 2.65 bits per heavy atom. The van der Waals surface area contributed by atoms with Crippen LogP contribution in [-0.4, -0.2) is 15.5 Å². The third-order valence-electron chi connectivity index (χ3n) is 3.61. The van der Waals surface area contributed by atoms with Crippen LogP contribution < -0.4 is 5.32 Å². The van der Waals surface area contributed by atoms with Crippen LogP contribution in [0, 0.1) is 23.0 Å². The lowest BCUT2D eigenvalue weighted by Gasteiger charge is -2.06. The lowest BCUT2D eigenvalue weighted by Crippen LogP contribution is -2.15. The first-order chi connectivity index (χ1) is 12.5. The summed E-state index contributed by atoms with van der Waals surface area (Å²) in [5, 5.41) is 12.3. The van der Waals surface area contributed by atoms with Gasteiger partial charge in [-0.1, -0.05) is 23.7 Å². The maximum atomic E-state index is 13.7. The molecule has 0 aliphatic rings. The minimum absolute atomic E-state index is 0.0323. The molecule has 0 atom stereocenters. The van der Waals surface area contributed by atoms with Gasteiger partial charge in [-0.2, -0.15) is 5.26 Å². The van der Waals surface area contributed by atoms with E-state index in [-0.39, 0.29) is 11.5 Å². The molecule has 2 aromatic carbocycles. The van der Waals surface area contributed by atoms with E-state index in [1.807, 2.05) is 6.07 Å². The summed E-state index contributed by atoms with van der Waals surface area (Å²) in [6.45, 7) is 0.331. The number of halogens is 3. The highest BCUT2D eigenvalue weighted by Gasteiger charge is 2.18. The van der Waals surface area contributed by atoms with E-state index in [2.05, 4.69) is 10.3 Å². The van der Waals surface area contributed by atoms with Gasteiger partial charge in [-0.15, -0.1) is 0 Å². The van der Waals surface area contributed by atoms with E-state index < -0.39 is 23.1 Å². The van der Waals surface area contributed by atoms with Gasteiger partial charge < -0.3 is 9.88 Å². The summed E-state index contributed by atoms with van der Waals surface area (Å²) in [5.74, 6) is -2.54. The fourth-order valence-electron chi connectivity index (χ4n) is 2.34. The predicted octanol–water partition coefficient (Wildman–Crippen LogP) is 3.99. The van der Waals surface area contributed by atoms with Crippen molar-refractivity contribution < 1.29 is 13.6 Å². The molecule has 0 aliphatic carbocycles. The number of anilines is 1. The van der Waals surface area contributed by atoms with E-state index in [4.69, 9.17) is 11.6 Å². The van der Waals surface area contributed by atoms with E-state index in [9.17, 15) is 18.8 Å². The summed E-state index contributed by atoms with van der Waals surface area (Å²) in [6.07, 6.45) is 1.38. The number of nitrogens with one attached hydrogen (secondary N) is 1. The lowest BCUT2D eigenvalue weighted by atomic mass is 10.2. The van der Waals surface area contributed by atoms with Gasteiger partial charge in [0.2, 0.25) is 0 Å². The van der Waals surface area contributed by atoms with Crippen molar-refractivity contribution in [2.45, 2.75) is 6.54 Å². The number of carbonyl (C=O) groups is 1. The number of imidazole rings is 1. The second-order valence-corrected chi connectivity index (χ2v) is 5.82. The van der Waals surface area contributed by atoms with Crippen LogP contribution in [0.25, 0.3) is 0 Å². The normalized spacial score (nSPS) is 10.4. The number of aromatic nitrogens is 2. The van der Waals surface area contributed by atoms with Crippen LogP contribution in [0.15, 0.2) is 48.8 Å². The minimum atomic E-state index is -0.893. The number of hydrogen-bond donors (Lipinski definition) is 1. The fourth-order valence-corrected chi connectivity index (χ4v) is 2.47. The van der Waals surface area contributed by atoms with Gasteiger partial charge in [0.1, 0.15) is 17.7 Å². The summed E-state index contributed by atoms with van der Waals surface area (Å²) >= 11 is 5.84. The van der Waals surface area contributed by atoms with Gasteiger partial charge in [0.15, 0.2) is 11.5 Å². The van der Waals surface area contributed by atoms with Crippen molar-refractivity contribution in [2.75, 3.05) is 5.32 Å². The van der Waals surface area contributed by atoms with Crippen molar-refractivity contribution in [3.63, 3.8) is 0 Å². The molecular formula is C18H11ClF2N4O. The molecule has 1 N–H and O–H groups in total. The average molecular weight is 373 g/mol. The highest BCUT2D eigenvalue weighted by molar-refractivity contribution is 6.30. The number of rotatable bonds is 4. The molecule has 0 fully saturated rings. The second kappa shape index (κ2) is 7.33. The summed E-state index contributed by atoms with van der Waals surface area (Å²) in [5.41, 5.74) is 0.489.